The Kier molecular flexibility index (Phi) is 5.65. The Morgan fingerprint density at radius 3 is 2.20 bits per heavy atom. The van der Waals surface area contributed by atoms with Crippen LogP contribution < -0.4 is 5.32 Å². The van der Waals surface area contributed by atoms with Crippen molar-refractivity contribution in [3.05, 3.63) is 75.3 Å². The molecule has 152 valence electrons. The van der Waals surface area contributed by atoms with Crippen LogP contribution in [-0.4, -0.2) is 17.5 Å². The number of para-hydroxylation sites is 1. The maximum atomic E-state index is 13.1. The molecule has 1 atom stereocenters. The fourth-order valence-electron chi connectivity index (χ4n) is 3.53. The minimum atomic E-state index is -1.52. The summed E-state index contributed by atoms with van der Waals surface area (Å²) in [5.74, 6) is -3.38. The Balaban J connectivity index is 2.04. The van der Waals surface area contributed by atoms with Crippen molar-refractivity contribution < 1.29 is 14.4 Å². The Bertz CT molecular complexity index is 1150. The molecule has 3 rings (SSSR count). The molecule has 0 saturated heterocycles. The standard InChI is InChI=1S/C24H21ClN2O3/c1-13-8-7-11-17(24(2,3)4)20(13)27-23(30)16(12-26)18-19(25)22(29)15-10-6-5-9-14(15)21(18)28/h5-11,16H,1-4H3,(H,27,30)/t16-/m1/s1. The van der Waals surface area contributed by atoms with Crippen molar-refractivity contribution in [3.63, 3.8) is 0 Å². The third-order valence-corrected chi connectivity index (χ3v) is 5.48. The molecule has 2 aromatic rings. The number of rotatable bonds is 3. The number of anilines is 1. The molecule has 1 N–H and O–H groups in total. The third-order valence-electron chi connectivity index (χ3n) is 5.11. The van der Waals surface area contributed by atoms with Crippen LogP contribution in [0.5, 0.6) is 0 Å². The number of nitrogens with zero attached hydrogens (tertiary/aromatic N) is 1. The number of hydrogen-bond acceptors (Lipinski definition) is 4. The predicted octanol–water partition coefficient (Wildman–Crippen LogP) is 4.94. The number of aryl methyl sites for hydroxylation is 1. The van der Waals surface area contributed by atoms with Crippen LogP contribution in [0.1, 0.15) is 52.6 Å². The number of allylic oxidation sites excluding steroid dienone is 1. The summed E-state index contributed by atoms with van der Waals surface area (Å²) in [6.07, 6.45) is 0. The molecular weight excluding hydrogens is 400 g/mol. The van der Waals surface area contributed by atoms with Gasteiger partial charge in [-0.1, -0.05) is 74.8 Å². The summed E-state index contributed by atoms with van der Waals surface area (Å²) in [7, 11) is 0. The second-order valence-electron chi connectivity index (χ2n) is 8.23. The molecule has 0 bridgehead atoms. The number of benzene rings is 2. The molecule has 1 aliphatic carbocycles. The van der Waals surface area contributed by atoms with Crippen molar-refractivity contribution in [2.75, 3.05) is 5.32 Å². The fourth-order valence-corrected chi connectivity index (χ4v) is 3.83. The molecule has 0 spiro atoms. The molecule has 0 saturated carbocycles. The van der Waals surface area contributed by atoms with Crippen molar-refractivity contribution >= 4 is 34.8 Å². The van der Waals surface area contributed by atoms with Crippen molar-refractivity contribution in [2.45, 2.75) is 33.1 Å². The molecule has 1 amide bonds. The summed E-state index contributed by atoms with van der Waals surface area (Å²) in [5, 5.41) is 12.1. The first-order valence-corrected chi connectivity index (χ1v) is 9.84. The van der Waals surface area contributed by atoms with Crippen molar-refractivity contribution in [3.8, 4) is 6.07 Å². The summed E-state index contributed by atoms with van der Waals surface area (Å²) in [6, 6.07) is 13.7. The molecule has 0 aromatic heterocycles. The number of hydrogen-bond donors (Lipinski definition) is 1. The van der Waals surface area contributed by atoms with Gasteiger partial charge in [-0.3, -0.25) is 14.4 Å². The normalized spacial score (nSPS) is 14.8. The number of carbonyl (C=O) groups excluding carboxylic acids is 3. The lowest BCUT2D eigenvalue weighted by Crippen LogP contribution is -2.32. The lowest BCUT2D eigenvalue weighted by Gasteiger charge is -2.26. The van der Waals surface area contributed by atoms with Gasteiger partial charge in [-0.15, -0.1) is 0 Å². The Hall–Kier alpha value is -3.23. The number of amides is 1. The van der Waals surface area contributed by atoms with E-state index >= 15 is 0 Å². The zero-order valence-electron chi connectivity index (χ0n) is 17.2. The van der Waals surface area contributed by atoms with E-state index in [-0.39, 0.29) is 27.1 Å². The van der Waals surface area contributed by atoms with E-state index in [0.29, 0.717) is 5.69 Å². The second kappa shape index (κ2) is 7.89. The Morgan fingerprint density at radius 2 is 1.63 bits per heavy atom. The summed E-state index contributed by atoms with van der Waals surface area (Å²) >= 11 is 6.19. The van der Waals surface area contributed by atoms with Crippen LogP contribution in [-0.2, 0) is 10.2 Å². The third kappa shape index (κ3) is 3.67. The van der Waals surface area contributed by atoms with E-state index in [9.17, 15) is 19.6 Å². The lowest BCUT2D eigenvalue weighted by molar-refractivity contribution is -0.117. The van der Waals surface area contributed by atoms with Gasteiger partial charge < -0.3 is 5.32 Å². The maximum absolute atomic E-state index is 13.1. The molecule has 1 aliphatic rings. The van der Waals surface area contributed by atoms with Gasteiger partial charge in [0.2, 0.25) is 11.7 Å². The largest absolute Gasteiger partial charge is 0.324 e. The van der Waals surface area contributed by atoms with Gasteiger partial charge in [0.15, 0.2) is 11.7 Å². The monoisotopic (exact) mass is 420 g/mol. The molecular formula is C24H21ClN2O3. The summed E-state index contributed by atoms with van der Waals surface area (Å²) in [4.78, 5) is 38.7. The van der Waals surface area contributed by atoms with Crippen LogP contribution in [0.15, 0.2) is 53.1 Å². The Morgan fingerprint density at radius 1 is 1.03 bits per heavy atom. The van der Waals surface area contributed by atoms with Gasteiger partial charge in [-0.05, 0) is 23.5 Å². The highest BCUT2D eigenvalue weighted by molar-refractivity contribution is 6.50. The summed E-state index contributed by atoms with van der Waals surface area (Å²) in [6.45, 7) is 7.89. The fraction of sp³-hybridized carbons (Fsp3) is 0.250. The zero-order chi connectivity index (χ0) is 22.2. The smallest absolute Gasteiger partial charge is 0.246 e. The van der Waals surface area contributed by atoms with Gasteiger partial charge in [0.25, 0.3) is 0 Å². The van der Waals surface area contributed by atoms with Gasteiger partial charge in [0.1, 0.15) is 0 Å². The quantitative estimate of drug-likeness (QED) is 0.761. The SMILES string of the molecule is Cc1cccc(C(C)(C)C)c1NC(=O)[C@H](C#N)C1=C(Cl)C(=O)c2ccccc2C1=O. The predicted molar refractivity (Wildman–Crippen MR) is 116 cm³/mol. The van der Waals surface area contributed by atoms with Gasteiger partial charge in [0, 0.05) is 22.4 Å². The first-order valence-electron chi connectivity index (χ1n) is 9.46. The highest BCUT2D eigenvalue weighted by atomic mass is 35.5. The first-order chi connectivity index (χ1) is 14.1. The molecule has 2 aromatic carbocycles. The van der Waals surface area contributed by atoms with Crippen molar-refractivity contribution in [1.29, 1.82) is 5.26 Å². The van der Waals surface area contributed by atoms with Crippen LogP contribution in [0, 0.1) is 24.2 Å². The van der Waals surface area contributed by atoms with Crippen molar-refractivity contribution in [2.24, 2.45) is 5.92 Å². The summed E-state index contributed by atoms with van der Waals surface area (Å²) in [5.41, 5.74) is 2.06. The highest BCUT2D eigenvalue weighted by Gasteiger charge is 2.38. The number of fused-ring (bicyclic) bond motifs is 1. The van der Waals surface area contributed by atoms with E-state index in [1.165, 1.54) is 12.1 Å². The van der Waals surface area contributed by atoms with Gasteiger partial charge in [0.05, 0.1) is 11.1 Å². The molecule has 0 fully saturated rings. The van der Waals surface area contributed by atoms with E-state index in [1.807, 2.05) is 52.0 Å². The van der Waals surface area contributed by atoms with Crippen LogP contribution in [0.4, 0.5) is 5.69 Å². The molecule has 30 heavy (non-hydrogen) atoms. The number of nitrogens with one attached hydrogen (secondary N) is 1. The average Bonchev–Trinajstić information content (AvgIpc) is 2.70. The molecule has 0 radical (unpaired) electrons. The average molecular weight is 421 g/mol. The van der Waals surface area contributed by atoms with E-state index < -0.39 is 23.4 Å². The minimum Gasteiger partial charge on any atom is -0.324 e. The van der Waals surface area contributed by atoms with Crippen LogP contribution >= 0.6 is 11.6 Å². The van der Waals surface area contributed by atoms with Crippen molar-refractivity contribution in [1.82, 2.24) is 0 Å². The number of ketones is 2. The topological polar surface area (TPSA) is 87.0 Å². The lowest BCUT2D eigenvalue weighted by atomic mass is 9.82. The van der Waals surface area contributed by atoms with Crippen LogP contribution in [0.3, 0.4) is 0 Å². The zero-order valence-corrected chi connectivity index (χ0v) is 17.9. The number of nitriles is 1. The minimum absolute atomic E-state index is 0.140. The highest BCUT2D eigenvalue weighted by Crippen LogP contribution is 2.35. The number of Topliss-reactive ketones (excluding diaryl/α,β-unsaturated/α-hetero) is 2. The maximum Gasteiger partial charge on any atom is 0.246 e. The molecule has 5 nitrogen and oxygen atoms in total. The second-order valence-corrected chi connectivity index (χ2v) is 8.61. The summed E-state index contributed by atoms with van der Waals surface area (Å²) < 4.78 is 0. The van der Waals surface area contributed by atoms with Gasteiger partial charge in [-0.2, -0.15) is 5.26 Å². The van der Waals surface area contributed by atoms with E-state index in [1.54, 1.807) is 12.1 Å². The van der Waals surface area contributed by atoms with E-state index in [0.717, 1.165) is 11.1 Å². The Labute approximate surface area is 180 Å². The number of carbonyl (C=O) groups is 3. The molecule has 6 heteroatoms. The first kappa shape index (κ1) is 21.5. The molecule has 0 heterocycles. The van der Waals surface area contributed by atoms with Crippen LogP contribution in [0.2, 0.25) is 0 Å². The van der Waals surface area contributed by atoms with E-state index in [4.69, 9.17) is 11.6 Å². The van der Waals surface area contributed by atoms with E-state index in [2.05, 4.69) is 5.32 Å². The van der Waals surface area contributed by atoms with Gasteiger partial charge in [-0.25, -0.2) is 0 Å². The molecule has 0 unspecified atom stereocenters. The molecule has 0 aliphatic heterocycles. The van der Waals surface area contributed by atoms with Gasteiger partial charge >= 0.3 is 0 Å². The van der Waals surface area contributed by atoms with Crippen LogP contribution in [0.25, 0.3) is 0 Å². The number of halogens is 1.